The van der Waals surface area contributed by atoms with Gasteiger partial charge in [-0.2, -0.15) is 5.10 Å². The van der Waals surface area contributed by atoms with Crippen molar-refractivity contribution in [2.24, 2.45) is 0 Å². The first-order valence-electron chi connectivity index (χ1n) is 8.56. The minimum Gasteiger partial charge on any atom is -0.346 e. The fraction of sp³-hybridized carbons (Fsp3) is 0.500. The molecule has 0 spiro atoms. The van der Waals surface area contributed by atoms with Crippen LogP contribution in [0.5, 0.6) is 0 Å². The number of halogens is 3. The number of hydrogen-bond acceptors (Lipinski definition) is 3. The molecule has 26 heavy (non-hydrogen) atoms. The molecule has 1 atom stereocenters. The van der Waals surface area contributed by atoms with E-state index < -0.39 is 23.4 Å². The molecule has 1 aliphatic carbocycles. The van der Waals surface area contributed by atoms with Crippen molar-refractivity contribution >= 4 is 32.6 Å². The summed E-state index contributed by atoms with van der Waals surface area (Å²) < 4.78 is 29.3. The first kappa shape index (κ1) is 18.9. The second-order valence-electron chi connectivity index (χ2n) is 6.97. The van der Waals surface area contributed by atoms with Gasteiger partial charge in [-0.15, -0.1) is 0 Å². The van der Waals surface area contributed by atoms with Gasteiger partial charge in [0, 0.05) is 16.3 Å². The summed E-state index contributed by atoms with van der Waals surface area (Å²) in [6.07, 6.45) is 0.390. The Morgan fingerprint density at radius 2 is 2.15 bits per heavy atom. The van der Waals surface area contributed by atoms with Crippen molar-refractivity contribution in [2.45, 2.75) is 57.5 Å². The molecule has 1 unspecified atom stereocenters. The highest BCUT2D eigenvalue weighted by Crippen LogP contribution is 2.35. The summed E-state index contributed by atoms with van der Waals surface area (Å²) in [6, 6.07) is 4.07. The molecule has 1 N–H and O–H groups in total. The Morgan fingerprint density at radius 1 is 1.42 bits per heavy atom. The number of amides is 1. The monoisotopic (exact) mass is 427 g/mol. The highest BCUT2D eigenvalue weighted by molar-refractivity contribution is 9.10. The van der Waals surface area contributed by atoms with Crippen LogP contribution in [0.15, 0.2) is 27.5 Å². The predicted octanol–water partition coefficient (Wildman–Crippen LogP) is 3.59. The Bertz CT molecular complexity index is 911. The number of nitrogens with one attached hydrogen (secondary N) is 1. The fourth-order valence-electron chi connectivity index (χ4n) is 3.30. The third kappa shape index (κ3) is 3.65. The van der Waals surface area contributed by atoms with Crippen molar-refractivity contribution in [1.29, 1.82) is 0 Å². The smallest absolute Gasteiger partial charge is 0.275 e. The normalized spacial score (nSPS) is 19.2. The number of rotatable bonds is 4. The van der Waals surface area contributed by atoms with E-state index in [9.17, 15) is 18.4 Å². The minimum atomic E-state index is -2.90. The van der Waals surface area contributed by atoms with Gasteiger partial charge in [-0.1, -0.05) is 29.8 Å². The summed E-state index contributed by atoms with van der Waals surface area (Å²) in [5.41, 5.74) is 0.269. The van der Waals surface area contributed by atoms with Crippen molar-refractivity contribution in [3.05, 3.63) is 38.7 Å². The van der Waals surface area contributed by atoms with Crippen molar-refractivity contribution in [1.82, 2.24) is 15.1 Å². The number of aromatic nitrogens is 2. The van der Waals surface area contributed by atoms with Crippen molar-refractivity contribution in [3.63, 3.8) is 0 Å². The molecule has 0 saturated heterocycles. The molecule has 8 heteroatoms. The third-order valence-electron chi connectivity index (χ3n) is 4.64. The summed E-state index contributed by atoms with van der Waals surface area (Å²) in [5, 5.41) is 7.85. The Balaban J connectivity index is 1.93. The van der Waals surface area contributed by atoms with Crippen LogP contribution in [0.25, 0.3) is 10.8 Å². The first-order chi connectivity index (χ1) is 12.2. The van der Waals surface area contributed by atoms with E-state index in [1.165, 1.54) is 0 Å². The van der Waals surface area contributed by atoms with Gasteiger partial charge >= 0.3 is 0 Å². The summed E-state index contributed by atoms with van der Waals surface area (Å²) in [4.78, 5) is 24.9. The Labute approximate surface area is 157 Å². The molecule has 1 heterocycles. The molecule has 0 aliphatic heterocycles. The topological polar surface area (TPSA) is 64.0 Å². The van der Waals surface area contributed by atoms with Crippen LogP contribution in [0.4, 0.5) is 8.78 Å². The summed E-state index contributed by atoms with van der Waals surface area (Å²) >= 11 is 3.39. The number of alkyl halides is 2. The molecule has 1 aliphatic rings. The predicted molar refractivity (Wildman–Crippen MR) is 98.5 cm³/mol. The maximum atomic E-state index is 13.7. The molecule has 2 aromatic rings. The molecule has 1 aromatic heterocycles. The maximum absolute atomic E-state index is 13.7. The molecule has 5 nitrogen and oxygen atoms in total. The van der Waals surface area contributed by atoms with Crippen molar-refractivity contribution in [3.8, 4) is 0 Å². The average molecular weight is 428 g/mol. The van der Waals surface area contributed by atoms with E-state index >= 15 is 0 Å². The average Bonchev–Trinajstić information content (AvgIpc) is 2.88. The first-order valence-corrected chi connectivity index (χ1v) is 9.36. The Kier molecular flexibility index (Phi) is 5.14. The summed E-state index contributed by atoms with van der Waals surface area (Å²) in [5.74, 6) is -3.49. The van der Waals surface area contributed by atoms with Crippen LogP contribution < -0.4 is 10.9 Å². The molecule has 3 rings (SSSR count). The van der Waals surface area contributed by atoms with E-state index in [-0.39, 0.29) is 25.3 Å². The van der Waals surface area contributed by atoms with Gasteiger partial charge in [0.05, 0.1) is 17.1 Å². The standard InChI is InChI=1S/C18H20BrF2N3O2/c1-10(2)16-13-8-11(19)5-6-12(13)17(26)24(23-16)9-15(25)22-14-4-3-7-18(14,20)21/h5-6,8,10,14H,3-4,7,9H2,1-2H3,(H,22,25). The molecule has 0 bridgehead atoms. The van der Waals surface area contributed by atoms with E-state index in [2.05, 4.69) is 26.3 Å². The van der Waals surface area contributed by atoms with Crippen LogP contribution in [-0.4, -0.2) is 27.7 Å². The third-order valence-corrected chi connectivity index (χ3v) is 5.13. The zero-order chi connectivity index (χ0) is 19.1. The van der Waals surface area contributed by atoms with E-state index in [0.717, 1.165) is 14.5 Å². The highest BCUT2D eigenvalue weighted by Gasteiger charge is 2.44. The number of carbonyl (C=O) groups excluding carboxylic acids is 1. The van der Waals surface area contributed by atoms with Gasteiger partial charge in [-0.25, -0.2) is 13.5 Å². The van der Waals surface area contributed by atoms with Crippen molar-refractivity contribution in [2.75, 3.05) is 0 Å². The van der Waals surface area contributed by atoms with Crippen LogP contribution in [0, 0.1) is 0 Å². The number of benzene rings is 1. The number of fused-ring (bicyclic) bond motifs is 1. The van der Waals surface area contributed by atoms with Gasteiger partial charge in [0.25, 0.3) is 11.5 Å². The lowest BCUT2D eigenvalue weighted by Crippen LogP contribution is -2.46. The molecular formula is C18H20BrF2N3O2. The van der Waals surface area contributed by atoms with Gasteiger partial charge in [-0.05, 0) is 37.0 Å². The largest absolute Gasteiger partial charge is 0.346 e. The van der Waals surface area contributed by atoms with E-state index in [4.69, 9.17) is 0 Å². The number of nitrogens with zero attached hydrogens (tertiary/aromatic N) is 2. The molecule has 1 saturated carbocycles. The molecule has 1 fully saturated rings. The fourth-order valence-corrected chi connectivity index (χ4v) is 3.66. The summed E-state index contributed by atoms with van der Waals surface area (Å²) in [7, 11) is 0. The number of hydrogen-bond donors (Lipinski definition) is 1. The SMILES string of the molecule is CC(C)c1nn(CC(=O)NC2CCCC2(F)F)c(=O)c2ccc(Br)cc12. The van der Waals surface area contributed by atoms with Gasteiger partial charge in [-0.3, -0.25) is 9.59 Å². The van der Waals surface area contributed by atoms with E-state index in [1.54, 1.807) is 12.1 Å². The van der Waals surface area contributed by atoms with Crippen LogP contribution in [0.3, 0.4) is 0 Å². The Hall–Kier alpha value is -1.83. The lowest BCUT2D eigenvalue weighted by atomic mass is 10.0. The van der Waals surface area contributed by atoms with Crippen molar-refractivity contribution < 1.29 is 13.6 Å². The lowest BCUT2D eigenvalue weighted by molar-refractivity contribution is -0.125. The molecule has 1 amide bonds. The lowest BCUT2D eigenvalue weighted by Gasteiger charge is -2.20. The van der Waals surface area contributed by atoms with Crippen LogP contribution in [0.1, 0.15) is 44.7 Å². The second kappa shape index (κ2) is 7.06. The zero-order valence-electron chi connectivity index (χ0n) is 14.6. The molecule has 1 aromatic carbocycles. The van der Waals surface area contributed by atoms with Crippen LogP contribution in [-0.2, 0) is 11.3 Å². The number of carbonyl (C=O) groups is 1. The second-order valence-corrected chi connectivity index (χ2v) is 7.88. The molecular weight excluding hydrogens is 408 g/mol. The Morgan fingerprint density at radius 3 is 2.77 bits per heavy atom. The molecule has 140 valence electrons. The molecule has 0 radical (unpaired) electrons. The van der Waals surface area contributed by atoms with Gasteiger partial charge in [0.1, 0.15) is 6.54 Å². The van der Waals surface area contributed by atoms with Crippen LogP contribution in [0.2, 0.25) is 0 Å². The van der Waals surface area contributed by atoms with Gasteiger partial charge < -0.3 is 5.32 Å². The zero-order valence-corrected chi connectivity index (χ0v) is 16.1. The quantitative estimate of drug-likeness (QED) is 0.810. The van der Waals surface area contributed by atoms with E-state index in [0.29, 0.717) is 17.5 Å². The van der Waals surface area contributed by atoms with E-state index in [1.807, 2.05) is 19.9 Å². The highest BCUT2D eigenvalue weighted by atomic mass is 79.9. The van der Waals surface area contributed by atoms with Gasteiger partial charge in [0.15, 0.2) is 0 Å². The minimum absolute atomic E-state index is 0.0286. The maximum Gasteiger partial charge on any atom is 0.275 e. The van der Waals surface area contributed by atoms with Gasteiger partial charge in [0.2, 0.25) is 5.91 Å². The summed E-state index contributed by atoms with van der Waals surface area (Å²) in [6.45, 7) is 3.50. The van der Waals surface area contributed by atoms with Crippen LogP contribution >= 0.6 is 15.9 Å².